The Morgan fingerprint density at radius 1 is 1.19 bits per heavy atom. The molecule has 1 aromatic carbocycles. The molecule has 1 atom stereocenters. The first-order chi connectivity index (χ1) is 12.6. The van der Waals surface area contributed by atoms with Crippen molar-refractivity contribution in [3.8, 4) is 0 Å². The van der Waals surface area contributed by atoms with Crippen LogP contribution < -0.4 is 5.43 Å². The van der Waals surface area contributed by atoms with Crippen LogP contribution in [0.5, 0.6) is 0 Å². The van der Waals surface area contributed by atoms with E-state index in [1.54, 1.807) is 4.90 Å². The maximum Gasteiger partial charge on any atom is 0.270 e. The molecular weight excluding hydrogens is 332 g/mol. The van der Waals surface area contributed by atoms with E-state index >= 15 is 0 Å². The maximum atomic E-state index is 12.8. The number of nitrogens with one attached hydrogen (secondary N) is 1. The van der Waals surface area contributed by atoms with E-state index in [-0.39, 0.29) is 30.2 Å². The predicted octanol–water partition coefficient (Wildman–Crippen LogP) is 1.29. The molecule has 3 rings (SSSR count). The van der Waals surface area contributed by atoms with Crippen molar-refractivity contribution in [2.75, 3.05) is 13.1 Å². The van der Waals surface area contributed by atoms with Crippen LogP contribution in [-0.2, 0) is 20.9 Å². The molecule has 1 aromatic rings. The fourth-order valence-corrected chi connectivity index (χ4v) is 3.36. The zero-order valence-corrected chi connectivity index (χ0v) is 15.0. The lowest BCUT2D eigenvalue weighted by atomic mass is 10.1. The summed E-state index contributed by atoms with van der Waals surface area (Å²) in [4.78, 5) is 40.2. The lowest BCUT2D eigenvalue weighted by molar-refractivity contribution is -0.133. The number of rotatable bonds is 4. The zero-order chi connectivity index (χ0) is 18.5. The fourth-order valence-electron chi connectivity index (χ4n) is 3.36. The topological polar surface area (TPSA) is 82.1 Å². The molecule has 7 heteroatoms. The van der Waals surface area contributed by atoms with Gasteiger partial charge in [0.2, 0.25) is 11.8 Å². The van der Waals surface area contributed by atoms with Gasteiger partial charge in [0.15, 0.2) is 0 Å². The van der Waals surface area contributed by atoms with Gasteiger partial charge >= 0.3 is 0 Å². The molecule has 0 spiro atoms. The second-order valence-corrected chi connectivity index (χ2v) is 6.66. The van der Waals surface area contributed by atoms with Gasteiger partial charge in [-0.15, -0.1) is 0 Å². The van der Waals surface area contributed by atoms with Crippen molar-refractivity contribution in [2.45, 2.75) is 45.2 Å². The highest BCUT2D eigenvalue weighted by molar-refractivity contribution is 6.39. The summed E-state index contributed by atoms with van der Waals surface area (Å²) in [5.74, 6) is -0.291. The van der Waals surface area contributed by atoms with Crippen molar-refractivity contribution < 1.29 is 14.4 Å². The predicted molar refractivity (Wildman–Crippen MR) is 97.1 cm³/mol. The Morgan fingerprint density at radius 3 is 2.62 bits per heavy atom. The number of nitrogens with zero attached hydrogens (tertiary/aromatic N) is 3. The van der Waals surface area contributed by atoms with E-state index < -0.39 is 0 Å². The standard InChI is InChI=1S/C19H24N4O3/c1-2-15-13-22(19(26)16-8-9-17(24)21-20-16)11-10-18(25)23(15)12-14-6-4-3-5-7-14/h3-7,15H,2,8-13H2,1H3,(H,21,24)/t15-/m0/s1. The Morgan fingerprint density at radius 2 is 1.96 bits per heavy atom. The minimum Gasteiger partial charge on any atom is -0.335 e. The SMILES string of the molecule is CC[C@H]1CN(C(=O)C2=NNC(=O)CC2)CCC(=O)N1Cc1ccccc1. The molecular formula is C19H24N4O3. The molecule has 2 aliphatic heterocycles. The number of amides is 3. The minimum atomic E-state index is -0.183. The second kappa shape index (κ2) is 8.12. The Bertz CT molecular complexity index is 717. The summed E-state index contributed by atoms with van der Waals surface area (Å²) in [7, 11) is 0. The molecule has 2 heterocycles. The number of carbonyl (C=O) groups is 3. The smallest absolute Gasteiger partial charge is 0.270 e. The van der Waals surface area contributed by atoms with Crippen molar-refractivity contribution in [2.24, 2.45) is 5.10 Å². The molecule has 0 aliphatic carbocycles. The van der Waals surface area contributed by atoms with Gasteiger partial charge in [-0.1, -0.05) is 37.3 Å². The van der Waals surface area contributed by atoms with Crippen LogP contribution in [0, 0.1) is 0 Å². The molecule has 0 unspecified atom stereocenters. The number of hydrazone groups is 1. The van der Waals surface area contributed by atoms with Crippen LogP contribution in [0.2, 0.25) is 0 Å². The first kappa shape index (κ1) is 18.1. The van der Waals surface area contributed by atoms with E-state index in [4.69, 9.17) is 0 Å². The third kappa shape index (κ3) is 4.09. The molecule has 3 amide bonds. The van der Waals surface area contributed by atoms with Crippen molar-refractivity contribution in [3.05, 3.63) is 35.9 Å². The zero-order valence-electron chi connectivity index (χ0n) is 15.0. The van der Waals surface area contributed by atoms with Crippen LogP contribution >= 0.6 is 0 Å². The van der Waals surface area contributed by atoms with Gasteiger partial charge in [-0.2, -0.15) is 5.10 Å². The molecule has 138 valence electrons. The lowest BCUT2D eigenvalue weighted by Crippen LogP contribution is -2.46. The van der Waals surface area contributed by atoms with Crippen molar-refractivity contribution in [1.29, 1.82) is 0 Å². The highest BCUT2D eigenvalue weighted by Gasteiger charge is 2.32. The average molecular weight is 356 g/mol. The van der Waals surface area contributed by atoms with Gasteiger partial charge in [0.25, 0.3) is 5.91 Å². The van der Waals surface area contributed by atoms with Gasteiger partial charge in [-0.05, 0) is 12.0 Å². The van der Waals surface area contributed by atoms with E-state index in [0.29, 0.717) is 38.2 Å². The molecule has 2 aliphatic rings. The van der Waals surface area contributed by atoms with Crippen LogP contribution in [0.3, 0.4) is 0 Å². The molecule has 26 heavy (non-hydrogen) atoms. The molecule has 1 N–H and O–H groups in total. The molecule has 7 nitrogen and oxygen atoms in total. The number of hydrogen-bond donors (Lipinski definition) is 1. The van der Waals surface area contributed by atoms with Crippen molar-refractivity contribution in [3.63, 3.8) is 0 Å². The van der Waals surface area contributed by atoms with Gasteiger partial charge < -0.3 is 9.80 Å². The van der Waals surface area contributed by atoms with Gasteiger partial charge in [-0.25, -0.2) is 5.43 Å². The van der Waals surface area contributed by atoms with Crippen molar-refractivity contribution in [1.82, 2.24) is 15.2 Å². The Balaban J connectivity index is 1.73. The van der Waals surface area contributed by atoms with E-state index in [1.165, 1.54) is 0 Å². The largest absolute Gasteiger partial charge is 0.335 e. The molecule has 0 bridgehead atoms. The highest BCUT2D eigenvalue weighted by Crippen LogP contribution is 2.18. The first-order valence-corrected chi connectivity index (χ1v) is 9.06. The van der Waals surface area contributed by atoms with Gasteiger partial charge in [0.1, 0.15) is 5.71 Å². The molecule has 1 fully saturated rings. The van der Waals surface area contributed by atoms with Gasteiger partial charge in [-0.3, -0.25) is 14.4 Å². The maximum absolute atomic E-state index is 12.8. The quantitative estimate of drug-likeness (QED) is 0.883. The highest BCUT2D eigenvalue weighted by atomic mass is 16.2. The minimum absolute atomic E-state index is 0.0343. The Hall–Kier alpha value is -2.70. The third-order valence-corrected chi connectivity index (χ3v) is 4.89. The number of benzene rings is 1. The van der Waals surface area contributed by atoms with E-state index in [0.717, 1.165) is 12.0 Å². The summed E-state index contributed by atoms with van der Waals surface area (Å²) in [6, 6.07) is 9.86. The molecule has 0 aromatic heterocycles. The summed E-state index contributed by atoms with van der Waals surface area (Å²) in [5, 5.41) is 3.90. The summed E-state index contributed by atoms with van der Waals surface area (Å²) in [6.07, 6.45) is 1.69. The lowest BCUT2D eigenvalue weighted by Gasteiger charge is -2.31. The summed E-state index contributed by atoms with van der Waals surface area (Å²) in [5.41, 5.74) is 3.81. The Labute approximate surface area is 153 Å². The molecule has 1 saturated heterocycles. The summed E-state index contributed by atoms with van der Waals surface area (Å²) in [6.45, 7) is 3.45. The van der Waals surface area contributed by atoms with Crippen LogP contribution in [0.15, 0.2) is 35.4 Å². The monoisotopic (exact) mass is 356 g/mol. The van der Waals surface area contributed by atoms with Crippen LogP contribution in [0.25, 0.3) is 0 Å². The second-order valence-electron chi connectivity index (χ2n) is 6.66. The van der Waals surface area contributed by atoms with Gasteiger partial charge in [0.05, 0.1) is 0 Å². The van der Waals surface area contributed by atoms with Crippen molar-refractivity contribution >= 4 is 23.4 Å². The third-order valence-electron chi connectivity index (χ3n) is 4.89. The number of carbonyl (C=O) groups excluding carboxylic acids is 3. The summed E-state index contributed by atoms with van der Waals surface area (Å²) >= 11 is 0. The summed E-state index contributed by atoms with van der Waals surface area (Å²) < 4.78 is 0. The van der Waals surface area contributed by atoms with Gasteiger partial charge in [0, 0.05) is 44.9 Å². The first-order valence-electron chi connectivity index (χ1n) is 9.06. The van der Waals surface area contributed by atoms with Crippen LogP contribution in [0.4, 0.5) is 0 Å². The van der Waals surface area contributed by atoms with E-state index in [1.807, 2.05) is 42.2 Å². The van der Waals surface area contributed by atoms with E-state index in [9.17, 15) is 14.4 Å². The molecule has 0 radical (unpaired) electrons. The Kier molecular flexibility index (Phi) is 5.65. The average Bonchev–Trinajstić information content (AvgIpc) is 2.82. The van der Waals surface area contributed by atoms with Crippen LogP contribution in [0.1, 0.15) is 38.2 Å². The number of hydrogen-bond acceptors (Lipinski definition) is 4. The molecule has 0 saturated carbocycles. The fraction of sp³-hybridized carbons (Fsp3) is 0.474. The van der Waals surface area contributed by atoms with E-state index in [2.05, 4.69) is 10.5 Å². The normalized spacial score (nSPS) is 21.1. The van der Waals surface area contributed by atoms with Crippen LogP contribution in [-0.4, -0.2) is 52.4 Å².